The van der Waals surface area contributed by atoms with E-state index in [9.17, 15) is 39.9 Å². The van der Waals surface area contributed by atoms with E-state index >= 15 is 0 Å². The first-order chi connectivity index (χ1) is 29.6. The number of aliphatic carboxylic acids is 3. The fourth-order valence-electron chi connectivity index (χ4n) is 4.17. The van der Waals surface area contributed by atoms with E-state index in [-0.39, 0.29) is 25.9 Å². The molecule has 0 radical (unpaired) electrons. The molecule has 0 aromatic heterocycles. The number of unbranched alkanes of at least 4 members (excludes halogenated alkanes) is 4. The number of allylic oxidation sites excluding steroid dienone is 18. The van der Waals surface area contributed by atoms with Gasteiger partial charge in [-0.25, -0.2) is 0 Å². The van der Waals surface area contributed by atoms with Crippen LogP contribution in [0, 0.1) is 12.8 Å². The van der Waals surface area contributed by atoms with Gasteiger partial charge in [-0.05, 0) is 83.1 Å². The van der Waals surface area contributed by atoms with Crippen molar-refractivity contribution in [3.05, 3.63) is 134 Å². The quantitative estimate of drug-likeness (QED) is 0.0116. The number of hydrogen-bond donors (Lipinski definition) is 7. The van der Waals surface area contributed by atoms with Crippen molar-refractivity contribution in [2.45, 2.75) is 154 Å². The topological polar surface area (TPSA) is 247 Å². The van der Waals surface area contributed by atoms with Gasteiger partial charge in [0.25, 0.3) is 11.9 Å². The van der Waals surface area contributed by atoms with E-state index in [2.05, 4.69) is 62.1 Å². The summed E-state index contributed by atoms with van der Waals surface area (Å²) in [4.78, 5) is 29.9. The molecule has 354 valence electrons. The van der Waals surface area contributed by atoms with Crippen molar-refractivity contribution in [1.82, 2.24) is 0 Å². The molecule has 0 saturated heterocycles. The van der Waals surface area contributed by atoms with Crippen LogP contribution in [0.25, 0.3) is 5.73 Å². The molecular formula is C50H82N2O10Zn. The largest absolute Gasteiger partial charge is 2.00 e. The first kappa shape index (κ1) is 68.3. The molecule has 0 saturated carbocycles. The van der Waals surface area contributed by atoms with Crippen molar-refractivity contribution in [3.8, 4) is 0 Å². The number of carboxylic acids is 3. The third-order valence-corrected chi connectivity index (χ3v) is 8.18. The Bertz CT molecular complexity index is 1370. The molecule has 0 aliphatic heterocycles. The van der Waals surface area contributed by atoms with Crippen LogP contribution >= 0.6 is 0 Å². The Morgan fingerprint density at radius 2 is 0.984 bits per heavy atom. The number of aliphatic hydroxyl groups excluding tert-OH is 4. The van der Waals surface area contributed by atoms with Gasteiger partial charge in [-0.3, -0.25) is 9.59 Å². The van der Waals surface area contributed by atoms with Crippen LogP contribution in [0.3, 0.4) is 0 Å². The molecule has 0 aliphatic carbocycles. The van der Waals surface area contributed by atoms with Gasteiger partial charge in [-0.2, -0.15) is 0 Å². The smallest absolute Gasteiger partial charge is 0.666 e. The molecule has 0 aliphatic rings. The van der Waals surface area contributed by atoms with Gasteiger partial charge in [0.2, 0.25) is 0 Å². The van der Waals surface area contributed by atoms with Crippen LogP contribution in [-0.2, 0) is 33.9 Å². The normalized spacial score (nSPS) is 14.8. The second-order valence-corrected chi connectivity index (χ2v) is 14.0. The Balaban J connectivity index is -0.000000263. The number of rotatable bonds is 31. The standard InChI is InChI=1S/C20H30O4.C20H32O2.C7H14NO2.C3H6NO2.Zn/c1-2-18(21)19(22)16-14-12-10-8-6-4-3-5-7-9-11-13-15-17-20(23)24;1-3-5-6-7-8-9-10-11-12-13-14-15-16-17-18-20(22)19(21)4-2;1-6(7(9)10)4-2-3-5-8;1-2(4)3(5)6;/h3,5-6,8-12,14,16,18-19,21-22H,2,4,7,13,15,17H2,1H3,(H,23,24);7-8,10-11,13-22H,3-6,9,12H2,1-2H3;6H,1-5,8H2,(H,9,10);2,4H,1H3,(H,5,6);/q;;2*-1;+2/b5-3-,8-6-,11-9-,12-10+,16-14+;8-7-,11-10-,14-13-,16-15+,18-17+;;;/t18-,19-;19-,20-;6-;2-;/m1100./s1. The summed E-state index contributed by atoms with van der Waals surface area (Å²) in [5.74, 6) is -3.31. The van der Waals surface area contributed by atoms with Crippen LogP contribution in [0.15, 0.2) is 122 Å². The summed E-state index contributed by atoms with van der Waals surface area (Å²) in [7, 11) is 0. The third-order valence-electron chi connectivity index (χ3n) is 8.18. The second-order valence-electron chi connectivity index (χ2n) is 14.0. The number of aliphatic hydroxyl groups is 4. The summed E-state index contributed by atoms with van der Waals surface area (Å²) >= 11 is 0. The monoisotopic (exact) mass is 935 g/mol. The van der Waals surface area contributed by atoms with Crippen molar-refractivity contribution < 1.29 is 75.3 Å². The van der Waals surface area contributed by atoms with Gasteiger partial charge < -0.3 is 58.9 Å². The molecule has 0 spiro atoms. The van der Waals surface area contributed by atoms with Crippen LogP contribution in [0.4, 0.5) is 0 Å². The molecule has 12 nitrogen and oxygen atoms in total. The number of carbonyl (C=O) groups is 3. The Kier molecular flexibility index (Phi) is 58.9. The maximum absolute atomic E-state index is 10.2. The van der Waals surface area contributed by atoms with Gasteiger partial charge in [0.1, 0.15) is 0 Å². The van der Waals surface area contributed by atoms with E-state index in [4.69, 9.17) is 15.9 Å². The number of quaternary nitrogens is 1. The van der Waals surface area contributed by atoms with Crippen LogP contribution in [-0.4, -0.2) is 85.5 Å². The van der Waals surface area contributed by atoms with Crippen LogP contribution in [0.1, 0.15) is 124 Å². The molecule has 0 amide bonds. The molecule has 0 heterocycles. The first-order valence-electron chi connectivity index (χ1n) is 21.9. The van der Waals surface area contributed by atoms with E-state index in [1.807, 2.05) is 62.5 Å². The first-order valence-corrected chi connectivity index (χ1v) is 21.9. The Labute approximate surface area is 392 Å². The van der Waals surface area contributed by atoms with Gasteiger partial charge in [0.05, 0.1) is 31.0 Å². The maximum Gasteiger partial charge on any atom is 2.00 e. The van der Waals surface area contributed by atoms with Crippen molar-refractivity contribution in [1.29, 1.82) is 0 Å². The second kappa shape index (κ2) is 54.3. The molecule has 10 N–H and O–H groups in total. The molecule has 0 unspecified atom stereocenters. The van der Waals surface area contributed by atoms with Gasteiger partial charge in [-0.15, -0.1) is 0 Å². The molecular weight excluding hydrogens is 854 g/mol. The zero-order valence-electron chi connectivity index (χ0n) is 38.8. The number of carbonyl (C=O) groups excluding carboxylic acids is 1. The average molecular weight is 937 g/mol. The van der Waals surface area contributed by atoms with E-state index in [1.165, 1.54) is 26.2 Å². The van der Waals surface area contributed by atoms with E-state index < -0.39 is 54.3 Å². The van der Waals surface area contributed by atoms with Crippen molar-refractivity contribution in [2.24, 2.45) is 5.92 Å². The van der Waals surface area contributed by atoms with Crippen LogP contribution in [0.5, 0.6) is 0 Å². The Morgan fingerprint density at radius 1 is 0.603 bits per heavy atom. The summed E-state index contributed by atoms with van der Waals surface area (Å²) in [5.41, 5.74) is 10.1. The molecule has 0 bridgehead atoms. The van der Waals surface area contributed by atoms with Crippen molar-refractivity contribution in [2.75, 3.05) is 6.54 Å². The van der Waals surface area contributed by atoms with Crippen LogP contribution < -0.4 is 10.8 Å². The van der Waals surface area contributed by atoms with E-state index in [0.717, 1.165) is 51.5 Å². The van der Waals surface area contributed by atoms with Crippen molar-refractivity contribution >= 4 is 17.9 Å². The SMILES string of the molecule is CCCC/C=C\C/C=C\C\C=C/C=C/C=C/[C@@H](O)[C@H](O)CC.CC[C@@H](O)[C@H](O)/C=C/C=C/C=C\C/C=C\C/C=C\CCCC(=O)[O-].C[C@H]([NH-])C(=O)O.[CH2-][C@@H](CCCC[NH3+])C(=O)O.[Zn+2]. The summed E-state index contributed by atoms with van der Waals surface area (Å²) in [6.07, 6.45) is 48.5. The zero-order chi connectivity index (χ0) is 47.7. The molecule has 0 rings (SSSR count). The van der Waals surface area contributed by atoms with Crippen LogP contribution in [0.2, 0.25) is 0 Å². The fraction of sp³-hybridized carbons (Fsp3) is 0.520. The van der Waals surface area contributed by atoms with E-state index in [0.29, 0.717) is 25.7 Å². The minimum Gasteiger partial charge on any atom is -0.666 e. The predicted molar refractivity (Wildman–Crippen MR) is 252 cm³/mol. The third kappa shape index (κ3) is 60.3. The minimum absolute atomic E-state index is 0. The van der Waals surface area contributed by atoms with Crippen molar-refractivity contribution in [3.63, 3.8) is 0 Å². The minimum atomic E-state index is -1.07. The molecule has 63 heavy (non-hydrogen) atoms. The molecule has 13 heteroatoms. The Morgan fingerprint density at radius 3 is 1.33 bits per heavy atom. The maximum atomic E-state index is 10.2. The summed E-state index contributed by atoms with van der Waals surface area (Å²) in [5, 5.41) is 64.2. The predicted octanol–water partition coefficient (Wildman–Crippen LogP) is 7.91. The average Bonchev–Trinajstić information content (AvgIpc) is 3.24. The van der Waals surface area contributed by atoms with Gasteiger partial charge >= 0.3 is 19.5 Å². The number of nitrogens with one attached hydrogen (secondary N) is 1. The molecule has 0 aromatic carbocycles. The fourth-order valence-corrected chi connectivity index (χ4v) is 4.17. The number of carboxylic acid groups (broad SMARTS) is 3. The van der Waals surface area contributed by atoms with Gasteiger partial charge in [0.15, 0.2) is 0 Å². The Hall–Kier alpha value is -3.81. The van der Waals surface area contributed by atoms with E-state index in [1.54, 1.807) is 30.4 Å². The molecule has 0 aromatic rings. The summed E-state index contributed by atoms with van der Waals surface area (Å²) in [6.45, 7) is 11.6. The van der Waals surface area contributed by atoms with Gasteiger partial charge in [-0.1, -0.05) is 174 Å². The molecule has 6 atom stereocenters. The summed E-state index contributed by atoms with van der Waals surface area (Å²) in [6, 6.07) is -0.981. The summed E-state index contributed by atoms with van der Waals surface area (Å²) < 4.78 is 0. The molecule has 0 fully saturated rings. The number of hydrogen-bond acceptors (Lipinski definition) is 8. The van der Waals surface area contributed by atoms with Gasteiger partial charge in [0, 0.05) is 5.97 Å². The zero-order valence-corrected chi connectivity index (χ0v) is 41.7.